The first kappa shape index (κ1) is 24.8. The van der Waals surface area contributed by atoms with Gasteiger partial charge in [-0.3, -0.25) is 0 Å². The first-order valence-electron chi connectivity index (χ1n) is 12.3. The van der Waals surface area contributed by atoms with E-state index in [-0.39, 0.29) is 0 Å². The second-order valence-electron chi connectivity index (χ2n) is 10.4. The fraction of sp³-hybridized carbons (Fsp3) is 0.714. The number of aromatic hydroxyl groups is 1. The standard InChI is InChI=1S/C28H46O2/c1-18(2)12-9-13-19(3)14-10-15-20(4)16-11-17-25-23(7)26-21(5)22(6)27(29)24(8)28(26)30-25/h18-20,29H,9-17H2,1-8H3. The lowest BCUT2D eigenvalue weighted by atomic mass is 9.91. The van der Waals surface area contributed by atoms with Gasteiger partial charge in [0.1, 0.15) is 17.1 Å². The van der Waals surface area contributed by atoms with Crippen LogP contribution in [0.25, 0.3) is 11.0 Å². The molecule has 0 aliphatic heterocycles. The van der Waals surface area contributed by atoms with E-state index in [1.807, 2.05) is 13.8 Å². The molecule has 170 valence electrons. The topological polar surface area (TPSA) is 33.4 Å². The number of rotatable bonds is 12. The van der Waals surface area contributed by atoms with Crippen LogP contribution in [-0.4, -0.2) is 5.11 Å². The highest BCUT2D eigenvalue weighted by atomic mass is 16.3. The highest BCUT2D eigenvalue weighted by Crippen LogP contribution is 2.38. The molecule has 0 saturated carbocycles. The van der Waals surface area contributed by atoms with Crippen LogP contribution in [0, 0.1) is 45.4 Å². The summed E-state index contributed by atoms with van der Waals surface area (Å²) in [5.74, 6) is 3.99. The van der Waals surface area contributed by atoms with Crippen LogP contribution in [0.15, 0.2) is 4.42 Å². The van der Waals surface area contributed by atoms with Gasteiger partial charge in [0.2, 0.25) is 0 Å². The van der Waals surface area contributed by atoms with Crippen molar-refractivity contribution < 1.29 is 9.52 Å². The Morgan fingerprint density at radius 1 is 0.667 bits per heavy atom. The third-order valence-corrected chi connectivity index (χ3v) is 7.21. The predicted octanol–water partition coefficient (Wildman–Crippen LogP) is 8.96. The summed E-state index contributed by atoms with van der Waals surface area (Å²) < 4.78 is 6.23. The van der Waals surface area contributed by atoms with Gasteiger partial charge in [0.05, 0.1) is 0 Å². The maximum absolute atomic E-state index is 10.4. The van der Waals surface area contributed by atoms with Gasteiger partial charge in [0.25, 0.3) is 0 Å². The first-order chi connectivity index (χ1) is 14.1. The van der Waals surface area contributed by atoms with E-state index < -0.39 is 0 Å². The van der Waals surface area contributed by atoms with Crippen LogP contribution in [0.4, 0.5) is 0 Å². The summed E-state index contributed by atoms with van der Waals surface area (Å²) in [5, 5.41) is 11.6. The van der Waals surface area contributed by atoms with Gasteiger partial charge in [-0.25, -0.2) is 0 Å². The van der Waals surface area contributed by atoms with Crippen molar-refractivity contribution in [3.05, 3.63) is 28.0 Å². The molecular formula is C28H46O2. The van der Waals surface area contributed by atoms with E-state index in [0.29, 0.717) is 5.75 Å². The van der Waals surface area contributed by atoms with Gasteiger partial charge >= 0.3 is 0 Å². The van der Waals surface area contributed by atoms with Gasteiger partial charge in [-0.15, -0.1) is 0 Å². The zero-order valence-corrected chi connectivity index (χ0v) is 21.0. The number of aryl methyl sites for hydroxylation is 4. The highest BCUT2D eigenvalue weighted by molar-refractivity contribution is 5.91. The average Bonchev–Trinajstić information content (AvgIpc) is 3.01. The molecule has 2 heteroatoms. The van der Waals surface area contributed by atoms with Crippen molar-refractivity contribution in [1.29, 1.82) is 0 Å². The highest BCUT2D eigenvalue weighted by Gasteiger charge is 2.19. The van der Waals surface area contributed by atoms with E-state index in [1.54, 1.807) is 0 Å². The Labute approximate surface area is 185 Å². The largest absolute Gasteiger partial charge is 0.507 e. The van der Waals surface area contributed by atoms with Crippen molar-refractivity contribution in [1.82, 2.24) is 0 Å². The molecule has 2 atom stereocenters. The molecule has 0 bridgehead atoms. The number of hydrogen-bond donors (Lipinski definition) is 1. The summed E-state index contributed by atoms with van der Waals surface area (Å²) in [4.78, 5) is 0. The monoisotopic (exact) mass is 414 g/mol. The molecule has 0 spiro atoms. The summed E-state index contributed by atoms with van der Waals surface area (Å²) in [6.45, 7) is 17.7. The molecule has 1 aromatic carbocycles. The molecule has 2 aromatic rings. The lowest BCUT2D eigenvalue weighted by molar-refractivity contribution is 0.386. The summed E-state index contributed by atoms with van der Waals surface area (Å²) in [7, 11) is 0. The Morgan fingerprint density at radius 2 is 1.20 bits per heavy atom. The maximum atomic E-state index is 10.4. The molecular weight excluding hydrogens is 368 g/mol. The second-order valence-corrected chi connectivity index (χ2v) is 10.4. The molecule has 2 unspecified atom stereocenters. The van der Waals surface area contributed by atoms with Gasteiger partial charge in [-0.2, -0.15) is 0 Å². The fourth-order valence-electron chi connectivity index (χ4n) is 4.86. The van der Waals surface area contributed by atoms with E-state index in [1.165, 1.54) is 62.3 Å². The predicted molar refractivity (Wildman–Crippen MR) is 131 cm³/mol. The Bertz CT molecular complexity index is 812. The summed E-state index contributed by atoms with van der Waals surface area (Å²) in [6.07, 6.45) is 11.7. The molecule has 0 aliphatic rings. The first-order valence-corrected chi connectivity index (χ1v) is 12.3. The van der Waals surface area contributed by atoms with Gasteiger partial charge in [-0.1, -0.05) is 72.6 Å². The second kappa shape index (κ2) is 11.3. The van der Waals surface area contributed by atoms with Crippen LogP contribution in [0.3, 0.4) is 0 Å². The van der Waals surface area contributed by atoms with E-state index in [4.69, 9.17) is 4.42 Å². The van der Waals surface area contributed by atoms with Crippen LogP contribution >= 0.6 is 0 Å². The number of hydrogen-bond acceptors (Lipinski definition) is 2. The SMILES string of the molecule is Cc1c(O)c(C)c2oc(CCCC(C)CCCC(C)CCCC(C)C)c(C)c2c1C. The van der Waals surface area contributed by atoms with Crippen LogP contribution in [-0.2, 0) is 6.42 Å². The van der Waals surface area contributed by atoms with Crippen LogP contribution < -0.4 is 0 Å². The van der Waals surface area contributed by atoms with Crippen LogP contribution in [0.2, 0.25) is 0 Å². The number of phenolic OH excluding ortho intramolecular Hbond substituents is 1. The Morgan fingerprint density at radius 3 is 1.77 bits per heavy atom. The Balaban J connectivity index is 1.80. The van der Waals surface area contributed by atoms with Crippen molar-refractivity contribution in [2.45, 2.75) is 113 Å². The quantitative estimate of drug-likeness (QED) is 0.376. The molecule has 0 radical (unpaired) electrons. The summed E-state index contributed by atoms with van der Waals surface area (Å²) >= 11 is 0. The molecule has 2 nitrogen and oxygen atoms in total. The molecule has 0 fully saturated rings. The lowest BCUT2D eigenvalue weighted by Crippen LogP contribution is -2.00. The summed E-state index contributed by atoms with van der Waals surface area (Å²) in [5.41, 5.74) is 5.14. The minimum Gasteiger partial charge on any atom is -0.507 e. The molecule has 0 amide bonds. The van der Waals surface area contributed by atoms with Crippen LogP contribution in [0.1, 0.15) is 107 Å². The van der Waals surface area contributed by atoms with Gasteiger partial charge < -0.3 is 9.52 Å². The molecule has 30 heavy (non-hydrogen) atoms. The van der Waals surface area contributed by atoms with E-state index in [2.05, 4.69) is 41.5 Å². The van der Waals surface area contributed by atoms with Gasteiger partial charge in [0, 0.05) is 17.4 Å². The number of benzene rings is 1. The Hall–Kier alpha value is -1.44. The zero-order chi connectivity index (χ0) is 22.4. The third kappa shape index (κ3) is 6.28. The molecule has 0 aliphatic carbocycles. The third-order valence-electron chi connectivity index (χ3n) is 7.21. The number of furan rings is 1. The molecule has 1 aromatic heterocycles. The van der Waals surface area contributed by atoms with Gasteiger partial charge in [-0.05, 0) is 68.6 Å². The molecule has 0 saturated heterocycles. The summed E-state index contributed by atoms with van der Waals surface area (Å²) in [6, 6.07) is 0. The normalized spacial score (nSPS) is 14.0. The Kier molecular flexibility index (Phi) is 9.31. The van der Waals surface area contributed by atoms with Crippen molar-refractivity contribution in [3.63, 3.8) is 0 Å². The fourth-order valence-corrected chi connectivity index (χ4v) is 4.86. The van der Waals surface area contributed by atoms with Gasteiger partial charge in [0.15, 0.2) is 0 Å². The van der Waals surface area contributed by atoms with E-state index >= 15 is 0 Å². The lowest BCUT2D eigenvalue weighted by Gasteiger charge is -2.15. The minimum atomic E-state index is 0.382. The molecule has 1 N–H and O–H groups in total. The number of phenols is 1. The van der Waals surface area contributed by atoms with Crippen molar-refractivity contribution in [2.24, 2.45) is 17.8 Å². The molecule has 1 heterocycles. The minimum absolute atomic E-state index is 0.382. The maximum Gasteiger partial charge on any atom is 0.141 e. The molecule has 2 rings (SSSR count). The van der Waals surface area contributed by atoms with E-state index in [0.717, 1.165) is 52.2 Å². The zero-order valence-electron chi connectivity index (χ0n) is 21.0. The van der Waals surface area contributed by atoms with Crippen molar-refractivity contribution in [2.75, 3.05) is 0 Å². The smallest absolute Gasteiger partial charge is 0.141 e. The number of fused-ring (bicyclic) bond motifs is 1. The van der Waals surface area contributed by atoms with Crippen molar-refractivity contribution in [3.8, 4) is 5.75 Å². The van der Waals surface area contributed by atoms with Crippen LogP contribution in [0.5, 0.6) is 5.75 Å². The van der Waals surface area contributed by atoms with Crippen molar-refractivity contribution >= 4 is 11.0 Å². The average molecular weight is 415 g/mol. The van der Waals surface area contributed by atoms with E-state index in [9.17, 15) is 5.11 Å².